The Morgan fingerprint density at radius 3 is 2.82 bits per heavy atom. The minimum atomic E-state index is 0.624. The SMILES string of the molecule is CC(C)C1CCCC(Nc2ccc(Br)nc2)C1. The van der Waals surface area contributed by atoms with Crippen molar-refractivity contribution in [3.05, 3.63) is 22.9 Å². The average Bonchev–Trinajstić information content (AvgIpc) is 2.32. The quantitative estimate of drug-likeness (QED) is 0.833. The molecule has 0 aromatic carbocycles. The van der Waals surface area contributed by atoms with Crippen LogP contribution in [0, 0.1) is 11.8 Å². The average molecular weight is 297 g/mol. The fourth-order valence-electron chi connectivity index (χ4n) is 2.66. The molecule has 2 unspecified atom stereocenters. The number of halogens is 1. The van der Waals surface area contributed by atoms with Crippen LogP contribution in [0.15, 0.2) is 22.9 Å². The third-order valence-electron chi connectivity index (χ3n) is 3.76. The molecule has 0 radical (unpaired) electrons. The molecular weight excluding hydrogens is 276 g/mol. The lowest BCUT2D eigenvalue weighted by atomic mass is 9.79. The van der Waals surface area contributed by atoms with E-state index in [1.54, 1.807) is 0 Å². The van der Waals surface area contributed by atoms with E-state index in [-0.39, 0.29) is 0 Å². The van der Waals surface area contributed by atoms with Gasteiger partial charge in [0, 0.05) is 6.04 Å². The van der Waals surface area contributed by atoms with Gasteiger partial charge in [0.2, 0.25) is 0 Å². The van der Waals surface area contributed by atoms with E-state index >= 15 is 0 Å². The van der Waals surface area contributed by atoms with Gasteiger partial charge in [-0.15, -0.1) is 0 Å². The fraction of sp³-hybridized carbons (Fsp3) is 0.643. The maximum Gasteiger partial charge on any atom is 0.106 e. The number of hydrogen-bond donors (Lipinski definition) is 1. The molecule has 2 rings (SSSR count). The second-order valence-electron chi connectivity index (χ2n) is 5.38. The largest absolute Gasteiger partial charge is 0.381 e. The molecule has 2 atom stereocenters. The molecule has 2 nitrogen and oxygen atoms in total. The number of pyridine rings is 1. The molecule has 3 heteroatoms. The van der Waals surface area contributed by atoms with Crippen LogP contribution in [0.3, 0.4) is 0 Å². The highest BCUT2D eigenvalue weighted by Gasteiger charge is 2.23. The minimum Gasteiger partial charge on any atom is -0.381 e. The van der Waals surface area contributed by atoms with Gasteiger partial charge >= 0.3 is 0 Å². The number of nitrogens with one attached hydrogen (secondary N) is 1. The molecule has 1 saturated carbocycles. The molecule has 1 fully saturated rings. The Labute approximate surface area is 112 Å². The van der Waals surface area contributed by atoms with Gasteiger partial charge in [0.1, 0.15) is 4.60 Å². The van der Waals surface area contributed by atoms with E-state index in [0.717, 1.165) is 22.1 Å². The highest BCUT2D eigenvalue weighted by molar-refractivity contribution is 9.10. The standard InChI is InChI=1S/C14H21BrN2/c1-10(2)11-4-3-5-12(8-11)17-13-6-7-14(15)16-9-13/h6-7,9-12,17H,3-5,8H2,1-2H3. The first-order valence-corrected chi connectivity index (χ1v) is 7.32. The highest BCUT2D eigenvalue weighted by atomic mass is 79.9. The smallest absolute Gasteiger partial charge is 0.106 e. The summed E-state index contributed by atoms with van der Waals surface area (Å²) < 4.78 is 0.895. The molecule has 1 aromatic heterocycles. The molecule has 1 heterocycles. The number of aromatic nitrogens is 1. The first kappa shape index (κ1) is 12.9. The van der Waals surface area contributed by atoms with Crippen LogP contribution in [0.4, 0.5) is 5.69 Å². The number of hydrogen-bond acceptors (Lipinski definition) is 2. The van der Waals surface area contributed by atoms with Crippen molar-refractivity contribution in [2.75, 3.05) is 5.32 Å². The molecule has 1 aliphatic carbocycles. The monoisotopic (exact) mass is 296 g/mol. The fourth-order valence-corrected chi connectivity index (χ4v) is 2.90. The maximum absolute atomic E-state index is 4.25. The molecule has 0 aliphatic heterocycles. The van der Waals surface area contributed by atoms with Gasteiger partial charge in [-0.2, -0.15) is 0 Å². The molecule has 1 aromatic rings. The number of nitrogens with zero attached hydrogens (tertiary/aromatic N) is 1. The second-order valence-corrected chi connectivity index (χ2v) is 6.19. The Bertz CT molecular complexity index is 348. The zero-order valence-corrected chi connectivity index (χ0v) is 12.2. The third-order valence-corrected chi connectivity index (χ3v) is 4.22. The Morgan fingerprint density at radius 1 is 1.35 bits per heavy atom. The molecule has 0 spiro atoms. The summed E-state index contributed by atoms with van der Waals surface area (Å²) in [6.07, 6.45) is 7.25. The molecule has 1 N–H and O–H groups in total. The van der Waals surface area contributed by atoms with Crippen molar-refractivity contribution in [2.45, 2.75) is 45.6 Å². The van der Waals surface area contributed by atoms with Crippen LogP contribution in [-0.2, 0) is 0 Å². The van der Waals surface area contributed by atoms with Crippen molar-refractivity contribution in [2.24, 2.45) is 11.8 Å². The van der Waals surface area contributed by atoms with Gasteiger partial charge in [0.05, 0.1) is 11.9 Å². The summed E-state index contributed by atoms with van der Waals surface area (Å²) in [6, 6.07) is 4.71. The van der Waals surface area contributed by atoms with E-state index in [1.807, 2.05) is 12.3 Å². The number of rotatable bonds is 3. The van der Waals surface area contributed by atoms with Crippen LogP contribution in [-0.4, -0.2) is 11.0 Å². The minimum absolute atomic E-state index is 0.624. The van der Waals surface area contributed by atoms with Gasteiger partial charge < -0.3 is 5.32 Å². The molecule has 0 amide bonds. The molecular formula is C14H21BrN2. The van der Waals surface area contributed by atoms with Gasteiger partial charge in [0.25, 0.3) is 0 Å². The third kappa shape index (κ3) is 3.70. The van der Waals surface area contributed by atoms with E-state index in [4.69, 9.17) is 0 Å². The summed E-state index contributed by atoms with van der Waals surface area (Å²) in [5.41, 5.74) is 1.14. The van der Waals surface area contributed by atoms with Crippen LogP contribution < -0.4 is 5.32 Å². The van der Waals surface area contributed by atoms with Crippen LogP contribution in [0.1, 0.15) is 39.5 Å². The van der Waals surface area contributed by atoms with Gasteiger partial charge in [-0.25, -0.2) is 4.98 Å². The van der Waals surface area contributed by atoms with E-state index in [0.29, 0.717) is 6.04 Å². The zero-order chi connectivity index (χ0) is 12.3. The summed E-state index contributed by atoms with van der Waals surface area (Å²) in [6.45, 7) is 4.68. The van der Waals surface area contributed by atoms with Crippen molar-refractivity contribution >= 4 is 21.6 Å². The second kappa shape index (κ2) is 5.85. The first-order valence-electron chi connectivity index (χ1n) is 6.53. The van der Waals surface area contributed by atoms with Gasteiger partial charge in [-0.05, 0) is 52.7 Å². The topological polar surface area (TPSA) is 24.9 Å². The normalized spacial score (nSPS) is 24.9. The first-order chi connectivity index (χ1) is 8.15. The Kier molecular flexibility index (Phi) is 4.43. The lowest BCUT2D eigenvalue weighted by Gasteiger charge is -2.32. The van der Waals surface area contributed by atoms with Gasteiger partial charge in [-0.3, -0.25) is 0 Å². The van der Waals surface area contributed by atoms with Gasteiger partial charge in [-0.1, -0.05) is 26.7 Å². The van der Waals surface area contributed by atoms with E-state index in [1.165, 1.54) is 25.7 Å². The van der Waals surface area contributed by atoms with E-state index in [9.17, 15) is 0 Å². The summed E-state index contributed by atoms with van der Waals surface area (Å²) in [5, 5.41) is 3.61. The van der Waals surface area contributed by atoms with Crippen molar-refractivity contribution in [3.63, 3.8) is 0 Å². The summed E-state index contributed by atoms with van der Waals surface area (Å²) in [4.78, 5) is 4.25. The zero-order valence-electron chi connectivity index (χ0n) is 10.6. The lowest BCUT2D eigenvalue weighted by molar-refractivity contribution is 0.264. The lowest BCUT2D eigenvalue weighted by Crippen LogP contribution is -2.29. The van der Waals surface area contributed by atoms with Crippen molar-refractivity contribution in [3.8, 4) is 0 Å². The summed E-state index contributed by atoms with van der Waals surface area (Å²) in [7, 11) is 0. The van der Waals surface area contributed by atoms with Crippen LogP contribution >= 0.6 is 15.9 Å². The van der Waals surface area contributed by atoms with Crippen molar-refractivity contribution in [1.29, 1.82) is 0 Å². The Morgan fingerprint density at radius 2 is 2.18 bits per heavy atom. The van der Waals surface area contributed by atoms with E-state index < -0.39 is 0 Å². The Balaban J connectivity index is 1.92. The van der Waals surface area contributed by atoms with Crippen molar-refractivity contribution in [1.82, 2.24) is 4.98 Å². The Hall–Kier alpha value is -0.570. The summed E-state index contributed by atoms with van der Waals surface area (Å²) in [5.74, 6) is 1.69. The van der Waals surface area contributed by atoms with Crippen LogP contribution in [0.5, 0.6) is 0 Å². The summed E-state index contributed by atoms with van der Waals surface area (Å²) >= 11 is 3.36. The van der Waals surface area contributed by atoms with Gasteiger partial charge in [0.15, 0.2) is 0 Å². The number of anilines is 1. The molecule has 0 saturated heterocycles. The van der Waals surface area contributed by atoms with E-state index in [2.05, 4.69) is 46.1 Å². The molecule has 0 bridgehead atoms. The van der Waals surface area contributed by atoms with Crippen LogP contribution in [0.25, 0.3) is 0 Å². The predicted octanol–water partition coefficient (Wildman–Crippen LogP) is 4.47. The molecule has 94 valence electrons. The highest BCUT2D eigenvalue weighted by Crippen LogP contribution is 2.31. The predicted molar refractivity (Wildman–Crippen MR) is 76.1 cm³/mol. The van der Waals surface area contributed by atoms with Crippen molar-refractivity contribution < 1.29 is 0 Å². The maximum atomic E-state index is 4.25. The van der Waals surface area contributed by atoms with Crippen LogP contribution in [0.2, 0.25) is 0 Å². The molecule has 17 heavy (non-hydrogen) atoms. The molecule has 1 aliphatic rings.